The molecule has 0 aliphatic heterocycles. The topological polar surface area (TPSA) is 59.9 Å². The Balaban J connectivity index is 1.88. The third kappa shape index (κ3) is 5.91. The minimum Gasteiger partial charge on any atom is -0.435 e. The largest absolute Gasteiger partial charge is 0.435 e. The Morgan fingerprint density at radius 3 is 2.61 bits per heavy atom. The first-order valence-electron chi connectivity index (χ1n) is 6.34. The van der Waals surface area contributed by atoms with Crippen molar-refractivity contribution in [3.8, 4) is 11.5 Å². The molecule has 0 aliphatic carbocycles. The molecule has 0 radical (unpaired) electrons. The van der Waals surface area contributed by atoms with Gasteiger partial charge in [0.2, 0.25) is 0 Å². The molecule has 0 fully saturated rings. The van der Waals surface area contributed by atoms with E-state index in [9.17, 15) is 13.6 Å². The van der Waals surface area contributed by atoms with E-state index < -0.39 is 12.7 Å². The fourth-order valence-electron chi connectivity index (χ4n) is 1.56. The van der Waals surface area contributed by atoms with Gasteiger partial charge in [0.15, 0.2) is 0 Å². The van der Waals surface area contributed by atoms with Crippen LogP contribution >= 0.6 is 11.6 Å². The van der Waals surface area contributed by atoms with Crippen LogP contribution in [-0.4, -0.2) is 18.9 Å². The van der Waals surface area contributed by atoms with E-state index in [0.29, 0.717) is 16.3 Å². The molecular weight excluding hydrogens is 330 g/mol. The van der Waals surface area contributed by atoms with Crippen LogP contribution in [0.5, 0.6) is 11.5 Å². The van der Waals surface area contributed by atoms with Gasteiger partial charge in [0.1, 0.15) is 11.5 Å². The van der Waals surface area contributed by atoms with Crippen molar-refractivity contribution in [2.75, 3.05) is 0 Å². The summed E-state index contributed by atoms with van der Waals surface area (Å²) < 4.78 is 33.4. The van der Waals surface area contributed by atoms with Crippen LogP contribution in [0.25, 0.3) is 0 Å². The second-order valence-corrected chi connectivity index (χ2v) is 4.60. The Hall–Kier alpha value is -2.67. The number of hydrazone groups is 1. The average molecular weight is 341 g/mol. The lowest BCUT2D eigenvalue weighted by Gasteiger charge is -2.04. The molecule has 0 unspecified atom stereocenters. The van der Waals surface area contributed by atoms with Gasteiger partial charge in [-0.3, -0.25) is 0 Å². The maximum absolute atomic E-state index is 12.1. The SMILES string of the molecule is O=C(N/N=C\c1cccc(OC(F)F)c1)Oc1ccc(Cl)cc1. The number of ether oxygens (including phenoxy) is 2. The summed E-state index contributed by atoms with van der Waals surface area (Å²) in [5.41, 5.74) is 2.61. The summed E-state index contributed by atoms with van der Waals surface area (Å²) in [7, 11) is 0. The van der Waals surface area contributed by atoms with Crippen LogP contribution in [0.1, 0.15) is 5.56 Å². The number of carbonyl (C=O) groups is 1. The van der Waals surface area contributed by atoms with E-state index in [1.807, 2.05) is 0 Å². The van der Waals surface area contributed by atoms with E-state index in [1.54, 1.807) is 18.2 Å². The van der Waals surface area contributed by atoms with Crippen LogP contribution in [0.3, 0.4) is 0 Å². The van der Waals surface area contributed by atoms with Crippen molar-refractivity contribution in [1.29, 1.82) is 0 Å². The van der Waals surface area contributed by atoms with Crippen molar-refractivity contribution in [3.63, 3.8) is 0 Å². The number of carbonyl (C=O) groups excluding carboxylic acids is 1. The van der Waals surface area contributed by atoms with Crippen molar-refractivity contribution in [2.45, 2.75) is 6.61 Å². The van der Waals surface area contributed by atoms with E-state index in [0.717, 1.165) is 0 Å². The van der Waals surface area contributed by atoms with Gasteiger partial charge in [-0.05, 0) is 42.0 Å². The number of halogens is 3. The van der Waals surface area contributed by atoms with Crippen LogP contribution in [0.4, 0.5) is 13.6 Å². The number of hydrogen-bond donors (Lipinski definition) is 1. The van der Waals surface area contributed by atoms with Gasteiger partial charge >= 0.3 is 12.7 Å². The number of benzene rings is 2. The molecule has 0 aromatic heterocycles. The summed E-state index contributed by atoms with van der Waals surface area (Å²) in [4.78, 5) is 11.5. The molecule has 1 N–H and O–H groups in total. The smallest absolute Gasteiger partial charge is 0.433 e. The molecule has 120 valence electrons. The number of alkyl halides is 2. The van der Waals surface area contributed by atoms with Gasteiger partial charge in [0.25, 0.3) is 0 Å². The van der Waals surface area contributed by atoms with Crippen molar-refractivity contribution < 1.29 is 23.0 Å². The Labute approximate surface area is 135 Å². The summed E-state index contributed by atoms with van der Waals surface area (Å²) in [6, 6.07) is 12.0. The molecule has 2 aromatic rings. The molecule has 8 heteroatoms. The maximum atomic E-state index is 12.1. The minimum atomic E-state index is -2.91. The van der Waals surface area contributed by atoms with E-state index in [2.05, 4.69) is 15.3 Å². The third-order valence-corrected chi connectivity index (χ3v) is 2.73. The molecule has 0 saturated heterocycles. The molecule has 5 nitrogen and oxygen atoms in total. The molecule has 1 amide bonds. The molecule has 0 heterocycles. The Morgan fingerprint density at radius 1 is 1.17 bits per heavy atom. The molecule has 0 aliphatic rings. The van der Waals surface area contributed by atoms with Crippen molar-refractivity contribution >= 4 is 23.9 Å². The highest BCUT2D eigenvalue weighted by Crippen LogP contribution is 2.16. The first-order valence-corrected chi connectivity index (χ1v) is 6.72. The van der Waals surface area contributed by atoms with Gasteiger partial charge < -0.3 is 9.47 Å². The van der Waals surface area contributed by atoms with E-state index in [4.69, 9.17) is 16.3 Å². The highest BCUT2D eigenvalue weighted by atomic mass is 35.5. The fraction of sp³-hybridized carbons (Fsp3) is 0.0667. The molecule has 2 rings (SSSR count). The van der Waals surface area contributed by atoms with E-state index in [1.165, 1.54) is 36.5 Å². The fourth-order valence-corrected chi connectivity index (χ4v) is 1.69. The Kier molecular flexibility index (Phi) is 5.87. The second kappa shape index (κ2) is 8.09. The standard InChI is InChI=1S/C15H11ClF2N2O3/c16-11-4-6-12(7-5-11)23-15(21)20-19-9-10-2-1-3-13(8-10)22-14(17)18/h1-9,14H,(H,20,21)/b19-9-. The van der Waals surface area contributed by atoms with Crippen LogP contribution < -0.4 is 14.9 Å². The zero-order chi connectivity index (χ0) is 16.7. The number of rotatable bonds is 5. The van der Waals surface area contributed by atoms with Crippen LogP contribution in [0.15, 0.2) is 53.6 Å². The van der Waals surface area contributed by atoms with Crippen molar-refractivity contribution in [3.05, 3.63) is 59.1 Å². The van der Waals surface area contributed by atoms with Crippen molar-refractivity contribution in [2.24, 2.45) is 5.10 Å². The number of hydrogen-bond acceptors (Lipinski definition) is 4. The Bertz CT molecular complexity index is 693. The van der Waals surface area contributed by atoms with Crippen molar-refractivity contribution in [1.82, 2.24) is 5.43 Å². The predicted molar refractivity (Wildman–Crippen MR) is 81.3 cm³/mol. The lowest BCUT2D eigenvalue weighted by Crippen LogP contribution is -2.21. The number of nitrogens with zero attached hydrogens (tertiary/aromatic N) is 1. The number of amides is 1. The third-order valence-electron chi connectivity index (χ3n) is 2.48. The molecular formula is C15H11ClF2N2O3. The first-order chi connectivity index (χ1) is 11.0. The lowest BCUT2D eigenvalue weighted by molar-refractivity contribution is -0.0498. The second-order valence-electron chi connectivity index (χ2n) is 4.16. The summed E-state index contributed by atoms with van der Waals surface area (Å²) in [6.07, 6.45) is 0.463. The summed E-state index contributed by atoms with van der Waals surface area (Å²) in [5.74, 6) is 0.294. The summed E-state index contributed by atoms with van der Waals surface area (Å²) >= 11 is 5.71. The lowest BCUT2D eigenvalue weighted by atomic mass is 10.2. The maximum Gasteiger partial charge on any atom is 0.433 e. The highest BCUT2D eigenvalue weighted by Gasteiger charge is 2.04. The van der Waals surface area contributed by atoms with Crippen LogP contribution in [0, 0.1) is 0 Å². The quantitative estimate of drug-likeness (QED) is 0.659. The first kappa shape index (κ1) is 16.7. The van der Waals surface area contributed by atoms with Gasteiger partial charge in [0.05, 0.1) is 6.21 Å². The van der Waals surface area contributed by atoms with Gasteiger partial charge in [0, 0.05) is 5.02 Å². The van der Waals surface area contributed by atoms with Gasteiger partial charge in [-0.1, -0.05) is 23.7 Å². The summed E-state index contributed by atoms with van der Waals surface area (Å²) in [6.45, 7) is -2.91. The Morgan fingerprint density at radius 2 is 1.91 bits per heavy atom. The number of nitrogens with one attached hydrogen (secondary N) is 1. The van der Waals surface area contributed by atoms with Crippen LogP contribution in [0.2, 0.25) is 5.02 Å². The zero-order valence-corrected chi connectivity index (χ0v) is 12.3. The van der Waals surface area contributed by atoms with Crippen LogP contribution in [-0.2, 0) is 0 Å². The molecule has 0 atom stereocenters. The molecule has 2 aromatic carbocycles. The molecule has 0 bridgehead atoms. The minimum absolute atomic E-state index is 0.00677. The molecule has 0 spiro atoms. The molecule has 23 heavy (non-hydrogen) atoms. The highest BCUT2D eigenvalue weighted by molar-refractivity contribution is 6.30. The predicted octanol–water partition coefficient (Wildman–Crippen LogP) is 4.06. The normalized spacial score (nSPS) is 10.8. The van der Waals surface area contributed by atoms with E-state index >= 15 is 0 Å². The van der Waals surface area contributed by atoms with E-state index in [-0.39, 0.29) is 5.75 Å². The average Bonchev–Trinajstić information content (AvgIpc) is 2.49. The van der Waals surface area contributed by atoms with Gasteiger partial charge in [-0.2, -0.15) is 13.9 Å². The van der Waals surface area contributed by atoms with Gasteiger partial charge in [-0.25, -0.2) is 10.2 Å². The summed E-state index contributed by atoms with van der Waals surface area (Å²) in [5, 5.41) is 4.17. The molecule has 0 saturated carbocycles. The zero-order valence-electron chi connectivity index (χ0n) is 11.6. The monoisotopic (exact) mass is 340 g/mol. The van der Waals surface area contributed by atoms with Gasteiger partial charge in [-0.15, -0.1) is 0 Å².